The van der Waals surface area contributed by atoms with Gasteiger partial charge in [-0.05, 0) is 183 Å². The second-order valence-corrected chi connectivity index (χ2v) is 12.5. The average Bonchev–Trinajstić information content (AvgIpc) is 2.57. The first-order valence-corrected chi connectivity index (χ1v) is 14.0. The Labute approximate surface area is 247 Å². The van der Waals surface area contributed by atoms with Crippen LogP contribution in [0.1, 0.15) is 11.1 Å². The fourth-order valence-electron chi connectivity index (χ4n) is 1.99. The van der Waals surface area contributed by atoms with Crippen molar-refractivity contribution in [3.05, 3.63) is 55.9 Å². The molecule has 0 saturated heterocycles. The Bertz CT molecular complexity index is 706. The van der Waals surface area contributed by atoms with Gasteiger partial charge in [0.15, 0.2) is 0 Å². The van der Waals surface area contributed by atoms with Crippen molar-refractivity contribution in [2.45, 2.75) is 12.8 Å². The molecule has 0 aliphatic carbocycles. The van der Waals surface area contributed by atoms with Gasteiger partial charge in [-0.2, -0.15) is 0 Å². The van der Waals surface area contributed by atoms with E-state index in [9.17, 15) is 0 Å². The van der Waals surface area contributed by atoms with Gasteiger partial charge in [-0.1, -0.05) is 0 Å². The molecule has 0 aliphatic heterocycles. The molecular weight excluding hydrogens is 1090 g/mol. The van der Waals surface area contributed by atoms with E-state index in [1.807, 2.05) is 0 Å². The molecule has 135 valence electrons. The van der Waals surface area contributed by atoms with Crippen LogP contribution in [0, 0.1) is 0 Å². The van der Waals surface area contributed by atoms with Crippen LogP contribution >= 0.6 is 159 Å². The summed E-state index contributed by atoms with van der Waals surface area (Å²) in [4.78, 5) is 0. The van der Waals surface area contributed by atoms with E-state index < -0.39 is 0 Å². The molecule has 0 fully saturated rings. The Balaban J connectivity index is 0.00000312. The topological polar surface area (TPSA) is 0 Å². The fourth-order valence-corrected chi connectivity index (χ4v) is 9.04. The number of hydrogen-bond donors (Lipinski definition) is 0. The van der Waals surface area contributed by atoms with Gasteiger partial charge < -0.3 is 0 Å². The first-order chi connectivity index (χ1) is 11.1. The molecule has 0 saturated carbocycles. The molecule has 0 spiro atoms. The molecule has 3 radical (unpaired) electrons. The van der Waals surface area contributed by atoms with Gasteiger partial charge in [-0.25, -0.2) is 0 Å². The van der Waals surface area contributed by atoms with Gasteiger partial charge in [0.1, 0.15) is 0 Å². The minimum Gasteiger partial charge on any atom is -0.0492 e. The zero-order chi connectivity index (χ0) is 18.3. The third-order valence-electron chi connectivity index (χ3n) is 3.23. The molecule has 0 nitrogen and oxygen atoms in total. The first kappa shape index (κ1) is 27.1. The van der Waals surface area contributed by atoms with Crippen molar-refractivity contribution in [1.29, 1.82) is 0 Å². The number of benzene rings is 2. The van der Waals surface area contributed by atoms with Crippen LogP contribution in [0.2, 0.25) is 0 Å². The summed E-state index contributed by atoms with van der Waals surface area (Å²) >= 11 is 36.4. The summed E-state index contributed by atoms with van der Waals surface area (Å²) in [6.45, 7) is 0. The first-order valence-electron chi connectivity index (χ1n) is 6.10. The van der Waals surface area contributed by atoms with Crippen molar-refractivity contribution in [1.82, 2.24) is 0 Å². The molecule has 0 bridgehead atoms. The number of hydrogen-bond acceptors (Lipinski definition) is 0. The van der Waals surface area contributed by atoms with Crippen molar-refractivity contribution < 1.29 is 0 Å². The molecule has 2 aromatic rings. The third-order valence-corrected chi connectivity index (χ3v) is 15.7. The summed E-state index contributed by atoms with van der Waals surface area (Å²) in [6.07, 6.45) is 1.70. The maximum Gasteiger partial charge on any atom is 0.0482 e. The predicted octanol–water partition coefficient (Wildman–Crippen LogP) is 10.7. The quantitative estimate of drug-likeness (QED) is 0.163. The maximum absolute atomic E-state index is 3.69. The van der Waals surface area contributed by atoms with E-state index in [4.69, 9.17) is 0 Å². The summed E-state index contributed by atoms with van der Waals surface area (Å²) < 4.78 is 10.0. The van der Waals surface area contributed by atoms with Crippen LogP contribution in [-0.2, 0) is 12.8 Å². The zero-order valence-electron chi connectivity index (χ0n) is 11.6. The van der Waals surface area contributed by atoms with Crippen molar-refractivity contribution in [3.63, 3.8) is 0 Å². The average molecular weight is 1090 g/mol. The van der Waals surface area contributed by atoms with Gasteiger partial charge in [0, 0.05) is 69.2 Å². The van der Waals surface area contributed by atoms with E-state index in [0.717, 1.165) is 57.6 Å². The van der Waals surface area contributed by atoms with E-state index in [-0.39, 0.29) is 24.4 Å². The minimum atomic E-state index is 0. The molecule has 2 aromatic carbocycles. The molecule has 25 heavy (non-hydrogen) atoms. The summed E-state index contributed by atoms with van der Waals surface area (Å²) in [5, 5.41) is 0. The fraction of sp³-hybridized carbons (Fsp3) is 0.143. The molecule has 11 heteroatoms. The SMILES string of the molecule is Brc1c(Br)c(Br)c(CCc2c(Br)c(Br)c(Br)c(Br)c2Br)c(Br)c1Br.[Sb]. The van der Waals surface area contributed by atoms with Crippen LogP contribution in [0.5, 0.6) is 0 Å². The smallest absolute Gasteiger partial charge is 0.0482 e. The van der Waals surface area contributed by atoms with Crippen LogP contribution in [0.25, 0.3) is 0 Å². The molecule has 0 heterocycles. The summed E-state index contributed by atoms with van der Waals surface area (Å²) in [6, 6.07) is 0. The Kier molecular flexibility index (Phi) is 12.6. The summed E-state index contributed by atoms with van der Waals surface area (Å²) in [5.41, 5.74) is 2.37. The summed E-state index contributed by atoms with van der Waals surface area (Å²) in [7, 11) is 0. The van der Waals surface area contributed by atoms with Crippen LogP contribution in [0.15, 0.2) is 44.7 Å². The summed E-state index contributed by atoms with van der Waals surface area (Å²) in [5.74, 6) is 0. The van der Waals surface area contributed by atoms with E-state index in [2.05, 4.69) is 159 Å². The predicted molar refractivity (Wildman–Crippen MR) is 143 cm³/mol. The standard InChI is InChI=1S/C14H4Br10.Sb/c15-5-3(6(16)10(20)13(23)9(5)19)1-2-4-7(17)11(21)14(24)12(22)8(4)18;/h1-2H2;. The van der Waals surface area contributed by atoms with Crippen LogP contribution in [0.3, 0.4) is 0 Å². The van der Waals surface area contributed by atoms with Crippen molar-refractivity contribution >= 4 is 184 Å². The van der Waals surface area contributed by atoms with E-state index >= 15 is 0 Å². The Morgan fingerprint density at radius 1 is 0.320 bits per heavy atom. The molecule has 0 N–H and O–H groups in total. The van der Waals surface area contributed by atoms with Crippen molar-refractivity contribution in [2.75, 3.05) is 0 Å². The molecular formula is C14H4Br10Sb. The monoisotopic (exact) mass is 1080 g/mol. The van der Waals surface area contributed by atoms with Gasteiger partial charge in [0.05, 0.1) is 0 Å². The van der Waals surface area contributed by atoms with E-state index in [1.54, 1.807) is 0 Å². The molecule has 0 unspecified atom stereocenters. The van der Waals surface area contributed by atoms with Crippen LogP contribution in [-0.4, -0.2) is 24.4 Å². The largest absolute Gasteiger partial charge is 0.0492 e. The van der Waals surface area contributed by atoms with Crippen molar-refractivity contribution in [2.24, 2.45) is 0 Å². The molecule has 0 atom stereocenters. The normalized spacial score (nSPS) is 10.8. The number of halogens is 10. The molecule has 2 rings (SSSR count). The zero-order valence-corrected chi connectivity index (χ0v) is 30.1. The van der Waals surface area contributed by atoms with Crippen LogP contribution < -0.4 is 0 Å². The Hall–Kier alpha value is 4.06. The molecule has 0 aromatic heterocycles. The Morgan fingerprint density at radius 2 is 0.480 bits per heavy atom. The second-order valence-electron chi connectivity index (χ2n) is 4.60. The third kappa shape index (κ3) is 5.85. The van der Waals surface area contributed by atoms with Gasteiger partial charge in [0.25, 0.3) is 0 Å². The molecule has 0 amide bonds. The minimum absolute atomic E-state index is 0. The van der Waals surface area contributed by atoms with Gasteiger partial charge in [0.2, 0.25) is 0 Å². The second kappa shape index (κ2) is 11.6. The number of rotatable bonds is 3. The van der Waals surface area contributed by atoms with Crippen molar-refractivity contribution in [3.8, 4) is 0 Å². The van der Waals surface area contributed by atoms with E-state index in [0.29, 0.717) is 0 Å². The van der Waals surface area contributed by atoms with Crippen LogP contribution in [0.4, 0.5) is 0 Å². The molecule has 0 aliphatic rings. The Morgan fingerprint density at radius 3 is 0.680 bits per heavy atom. The maximum atomic E-state index is 3.69. The van der Waals surface area contributed by atoms with Gasteiger partial charge in [-0.15, -0.1) is 0 Å². The van der Waals surface area contributed by atoms with E-state index in [1.165, 1.54) is 11.1 Å². The van der Waals surface area contributed by atoms with Gasteiger partial charge in [-0.3, -0.25) is 0 Å². The van der Waals surface area contributed by atoms with Gasteiger partial charge >= 0.3 is 0 Å².